The van der Waals surface area contributed by atoms with Crippen molar-refractivity contribution >= 4 is 17.7 Å². The molecule has 0 radical (unpaired) electrons. The molecule has 8 heteroatoms. The van der Waals surface area contributed by atoms with E-state index in [9.17, 15) is 14.4 Å². The van der Waals surface area contributed by atoms with E-state index in [1.165, 1.54) is 4.68 Å². The maximum atomic E-state index is 11.8. The first-order valence-electron chi connectivity index (χ1n) is 6.26. The number of nitrogens with one attached hydrogen (secondary N) is 3. The monoisotopic (exact) mass is 281 g/mol. The van der Waals surface area contributed by atoms with E-state index >= 15 is 0 Å². The van der Waals surface area contributed by atoms with Gasteiger partial charge in [-0.3, -0.25) is 19.1 Å². The summed E-state index contributed by atoms with van der Waals surface area (Å²) in [7, 11) is 1.65. The molecule has 0 fully saturated rings. The lowest BCUT2D eigenvalue weighted by Crippen LogP contribution is -2.42. The second kappa shape index (κ2) is 7.27. The van der Waals surface area contributed by atoms with Gasteiger partial charge in [0.2, 0.25) is 11.8 Å². The molecule has 8 nitrogen and oxygen atoms in total. The van der Waals surface area contributed by atoms with Gasteiger partial charge in [0.1, 0.15) is 5.69 Å². The zero-order valence-electron chi connectivity index (χ0n) is 11.8. The van der Waals surface area contributed by atoms with E-state index in [4.69, 9.17) is 0 Å². The summed E-state index contributed by atoms with van der Waals surface area (Å²) in [5.74, 6) is -1.08. The zero-order chi connectivity index (χ0) is 15.1. The Hall–Kier alpha value is -2.38. The normalized spacial score (nSPS) is 9.95. The van der Waals surface area contributed by atoms with Crippen molar-refractivity contribution in [3.05, 3.63) is 17.5 Å². The second-order valence-corrected chi connectivity index (χ2v) is 4.21. The van der Waals surface area contributed by atoms with E-state index in [2.05, 4.69) is 21.0 Å². The SMILES string of the molecule is CCNC(=O)CNC(=O)CNC(=O)c1cc(C)nn1C. The molecule has 0 aromatic carbocycles. The number of carbonyl (C=O) groups is 3. The molecule has 3 N–H and O–H groups in total. The quantitative estimate of drug-likeness (QED) is 0.603. The van der Waals surface area contributed by atoms with Gasteiger partial charge >= 0.3 is 0 Å². The van der Waals surface area contributed by atoms with Crippen LogP contribution in [0.4, 0.5) is 0 Å². The number of hydrogen-bond donors (Lipinski definition) is 3. The largest absolute Gasteiger partial charge is 0.355 e. The van der Waals surface area contributed by atoms with Gasteiger partial charge in [-0.2, -0.15) is 5.10 Å². The van der Waals surface area contributed by atoms with Crippen LogP contribution in [0.3, 0.4) is 0 Å². The number of amides is 3. The van der Waals surface area contributed by atoms with E-state index < -0.39 is 5.91 Å². The average Bonchev–Trinajstić information content (AvgIpc) is 2.73. The lowest BCUT2D eigenvalue weighted by molar-refractivity contribution is -0.125. The molecule has 0 saturated carbocycles. The number of aromatic nitrogens is 2. The van der Waals surface area contributed by atoms with Crippen LogP contribution in [0.25, 0.3) is 0 Å². The Morgan fingerprint density at radius 1 is 1.15 bits per heavy atom. The van der Waals surface area contributed by atoms with Crippen LogP contribution in [0.5, 0.6) is 0 Å². The van der Waals surface area contributed by atoms with Gasteiger partial charge in [-0.1, -0.05) is 0 Å². The Kier molecular flexibility index (Phi) is 5.70. The maximum absolute atomic E-state index is 11.8. The van der Waals surface area contributed by atoms with E-state index in [-0.39, 0.29) is 24.9 Å². The molecule has 1 rings (SSSR count). The summed E-state index contributed by atoms with van der Waals surface area (Å²) in [5, 5.41) is 11.5. The number of nitrogens with zero attached hydrogens (tertiary/aromatic N) is 2. The third-order valence-electron chi connectivity index (χ3n) is 2.46. The fourth-order valence-electron chi connectivity index (χ4n) is 1.58. The van der Waals surface area contributed by atoms with E-state index in [1.54, 1.807) is 27.0 Å². The van der Waals surface area contributed by atoms with Crippen LogP contribution in [0, 0.1) is 6.92 Å². The molecule has 3 amide bonds. The summed E-state index contributed by atoms with van der Waals surface area (Å²) in [5.41, 5.74) is 1.09. The molecule has 1 aromatic rings. The van der Waals surface area contributed by atoms with Gasteiger partial charge in [-0.05, 0) is 19.9 Å². The number of carbonyl (C=O) groups excluding carboxylic acids is 3. The first kappa shape index (κ1) is 15.7. The number of hydrogen-bond acceptors (Lipinski definition) is 4. The van der Waals surface area contributed by atoms with Crippen molar-refractivity contribution in [2.24, 2.45) is 7.05 Å². The van der Waals surface area contributed by atoms with Gasteiger partial charge in [-0.15, -0.1) is 0 Å². The molecule has 20 heavy (non-hydrogen) atoms. The van der Waals surface area contributed by atoms with E-state index in [1.807, 2.05) is 0 Å². The minimum Gasteiger partial charge on any atom is -0.355 e. The molecule has 0 atom stereocenters. The zero-order valence-corrected chi connectivity index (χ0v) is 11.8. The highest BCUT2D eigenvalue weighted by Gasteiger charge is 2.13. The first-order chi connectivity index (χ1) is 9.43. The molecule has 0 aliphatic rings. The molecule has 0 aliphatic heterocycles. The molecule has 0 unspecified atom stereocenters. The van der Waals surface area contributed by atoms with Crippen LogP contribution < -0.4 is 16.0 Å². The summed E-state index contributed by atoms with van der Waals surface area (Å²) >= 11 is 0. The summed E-state index contributed by atoms with van der Waals surface area (Å²) in [4.78, 5) is 34.4. The highest BCUT2D eigenvalue weighted by molar-refractivity contribution is 5.95. The molecule has 0 aliphatic carbocycles. The molecule has 110 valence electrons. The maximum Gasteiger partial charge on any atom is 0.269 e. The van der Waals surface area contributed by atoms with Gasteiger partial charge in [0, 0.05) is 13.6 Å². The highest BCUT2D eigenvalue weighted by Crippen LogP contribution is 2.00. The van der Waals surface area contributed by atoms with Gasteiger partial charge in [-0.25, -0.2) is 0 Å². The van der Waals surface area contributed by atoms with E-state index in [0.29, 0.717) is 12.2 Å². The van der Waals surface area contributed by atoms with Crippen LogP contribution in [0.1, 0.15) is 23.1 Å². The second-order valence-electron chi connectivity index (χ2n) is 4.21. The number of rotatable bonds is 6. The molecule has 1 aromatic heterocycles. The van der Waals surface area contributed by atoms with Crippen molar-refractivity contribution in [3.8, 4) is 0 Å². The van der Waals surface area contributed by atoms with Crippen molar-refractivity contribution in [2.45, 2.75) is 13.8 Å². The van der Waals surface area contributed by atoms with Crippen LogP contribution in [0.15, 0.2) is 6.07 Å². The van der Waals surface area contributed by atoms with Gasteiger partial charge < -0.3 is 16.0 Å². The minimum atomic E-state index is -0.427. The summed E-state index contributed by atoms with van der Waals surface area (Å²) in [6.07, 6.45) is 0. The topological polar surface area (TPSA) is 105 Å². The standard InChI is InChI=1S/C12H19N5O3/c1-4-13-10(18)6-14-11(19)7-15-12(20)9-5-8(2)16-17(9)3/h5H,4,6-7H2,1-3H3,(H,13,18)(H,14,19)(H,15,20). The molecule has 0 spiro atoms. The summed E-state index contributed by atoms with van der Waals surface area (Å²) in [6.45, 7) is 3.77. The molecular weight excluding hydrogens is 262 g/mol. The van der Waals surface area contributed by atoms with Crippen molar-refractivity contribution in [1.29, 1.82) is 0 Å². The number of aryl methyl sites for hydroxylation is 2. The Morgan fingerprint density at radius 3 is 2.30 bits per heavy atom. The highest BCUT2D eigenvalue weighted by atomic mass is 16.2. The van der Waals surface area contributed by atoms with E-state index in [0.717, 1.165) is 5.69 Å². The molecule has 0 saturated heterocycles. The lowest BCUT2D eigenvalue weighted by Gasteiger charge is -2.07. The van der Waals surface area contributed by atoms with Crippen LogP contribution in [0.2, 0.25) is 0 Å². The number of likely N-dealkylation sites (N-methyl/N-ethyl adjacent to an activating group) is 1. The Labute approximate surface area is 116 Å². The third-order valence-corrected chi connectivity index (χ3v) is 2.46. The molecule has 0 bridgehead atoms. The Morgan fingerprint density at radius 2 is 1.75 bits per heavy atom. The predicted molar refractivity (Wildman–Crippen MR) is 72.0 cm³/mol. The van der Waals surface area contributed by atoms with Crippen LogP contribution >= 0.6 is 0 Å². The fraction of sp³-hybridized carbons (Fsp3) is 0.500. The van der Waals surface area contributed by atoms with Gasteiger partial charge in [0.25, 0.3) is 5.91 Å². The molecular formula is C12H19N5O3. The van der Waals surface area contributed by atoms with Gasteiger partial charge in [0.05, 0.1) is 18.8 Å². The fourth-order valence-corrected chi connectivity index (χ4v) is 1.58. The predicted octanol–water partition coefficient (Wildman–Crippen LogP) is -1.29. The molecule has 1 heterocycles. The van der Waals surface area contributed by atoms with Crippen LogP contribution in [-0.2, 0) is 16.6 Å². The minimum absolute atomic E-state index is 0.104. The third kappa shape index (κ3) is 4.71. The van der Waals surface area contributed by atoms with Crippen molar-refractivity contribution in [1.82, 2.24) is 25.7 Å². The smallest absolute Gasteiger partial charge is 0.269 e. The lowest BCUT2D eigenvalue weighted by atomic mass is 10.3. The van der Waals surface area contributed by atoms with Crippen molar-refractivity contribution in [3.63, 3.8) is 0 Å². The Balaban J connectivity index is 2.36. The Bertz CT molecular complexity index is 509. The van der Waals surface area contributed by atoms with Gasteiger partial charge in [0.15, 0.2) is 0 Å². The van der Waals surface area contributed by atoms with Crippen molar-refractivity contribution < 1.29 is 14.4 Å². The first-order valence-corrected chi connectivity index (χ1v) is 6.26. The summed E-state index contributed by atoms with van der Waals surface area (Å²) < 4.78 is 1.44. The van der Waals surface area contributed by atoms with Crippen LogP contribution in [-0.4, -0.2) is 47.1 Å². The van der Waals surface area contributed by atoms with Crippen molar-refractivity contribution in [2.75, 3.05) is 19.6 Å². The average molecular weight is 281 g/mol. The summed E-state index contributed by atoms with van der Waals surface area (Å²) in [6, 6.07) is 1.63.